The third-order valence-corrected chi connectivity index (χ3v) is 5.90. The minimum atomic E-state index is -0.239. The van der Waals surface area contributed by atoms with Crippen LogP contribution in [0.2, 0.25) is 0 Å². The molecule has 1 N–H and O–H groups in total. The number of ether oxygens (including phenoxy) is 1. The Bertz CT molecular complexity index is 1010. The van der Waals surface area contributed by atoms with E-state index >= 15 is 0 Å². The fourth-order valence-corrected chi connectivity index (χ4v) is 3.92. The van der Waals surface area contributed by atoms with E-state index in [1.54, 1.807) is 24.9 Å². The molecule has 0 saturated carbocycles. The quantitative estimate of drug-likeness (QED) is 0.619. The molecule has 176 valence electrons. The third kappa shape index (κ3) is 6.54. The molecular weight excluding hydrogens is 422 g/mol. The number of nitrogens with zero attached hydrogens (tertiary/aromatic N) is 2. The first kappa shape index (κ1) is 24.2. The minimum absolute atomic E-state index is 0.0263. The molecule has 1 fully saturated rings. The highest BCUT2D eigenvalue weighted by atomic mass is 16.5. The number of carbonyl (C=O) groups is 4. The largest absolute Gasteiger partial charge is 0.466 e. The van der Waals surface area contributed by atoms with Crippen molar-refractivity contribution in [3.63, 3.8) is 0 Å². The Morgan fingerprint density at radius 2 is 1.76 bits per heavy atom. The van der Waals surface area contributed by atoms with E-state index in [0.29, 0.717) is 38.1 Å². The number of piperidine rings is 1. The van der Waals surface area contributed by atoms with Crippen molar-refractivity contribution in [1.82, 2.24) is 15.1 Å². The molecule has 1 heterocycles. The molecule has 0 aliphatic carbocycles. The Labute approximate surface area is 193 Å². The summed E-state index contributed by atoms with van der Waals surface area (Å²) in [4.78, 5) is 52.2. The zero-order chi connectivity index (χ0) is 23.8. The second-order valence-corrected chi connectivity index (χ2v) is 8.22. The zero-order valence-corrected chi connectivity index (χ0v) is 19.2. The van der Waals surface area contributed by atoms with Crippen molar-refractivity contribution < 1.29 is 23.9 Å². The predicted molar refractivity (Wildman–Crippen MR) is 124 cm³/mol. The van der Waals surface area contributed by atoms with Crippen LogP contribution in [-0.4, -0.2) is 73.3 Å². The summed E-state index contributed by atoms with van der Waals surface area (Å²) in [5.41, 5.74) is 0.538. The number of esters is 1. The van der Waals surface area contributed by atoms with Gasteiger partial charge in [-0.25, -0.2) is 0 Å². The van der Waals surface area contributed by atoms with Crippen molar-refractivity contribution in [1.29, 1.82) is 0 Å². The van der Waals surface area contributed by atoms with Crippen LogP contribution >= 0.6 is 0 Å². The first-order chi connectivity index (χ1) is 15.9. The number of rotatable bonds is 8. The van der Waals surface area contributed by atoms with E-state index in [4.69, 9.17) is 4.74 Å². The highest BCUT2D eigenvalue weighted by Gasteiger charge is 2.28. The second kappa shape index (κ2) is 11.4. The topological polar surface area (TPSA) is 96.0 Å². The molecule has 0 spiro atoms. The van der Waals surface area contributed by atoms with Gasteiger partial charge in [0.2, 0.25) is 11.8 Å². The van der Waals surface area contributed by atoms with Crippen LogP contribution in [0.5, 0.6) is 0 Å². The molecule has 0 atom stereocenters. The maximum absolute atomic E-state index is 12.5. The van der Waals surface area contributed by atoms with Crippen molar-refractivity contribution in [2.24, 2.45) is 5.92 Å². The van der Waals surface area contributed by atoms with Gasteiger partial charge in [0, 0.05) is 38.7 Å². The van der Waals surface area contributed by atoms with Gasteiger partial charge >= 0.3 is 5.97 Å². The lowest BCUT2D eigenvalue weighted by Gasteiger charge is -2.32. The molecule has 0 aromatic heterocycles. The van der Waals surface area contributed by atoms with E-state index in [1.807, 2.05) is 36.4 Å². The van der Waals surface area contributed by atoms with Crippen molar-refractivity contribution >= 4 is 34.5 Å². The number of nitrogens with one attached hydrogen (secondary N) is 1. The summed E-state index contributed by atoms with van der Waals surface area (Å²) in [7, 11) is 1.58. The molecule has 8 nitrogen and oxygen atoms in total. The monoisotopic (exact) mass is 453 g/mol. The number of benzene rings is 2. The van der Waals surface area contributed by atoms with Crippen LogP contribution in [-0.2, 0) is 19.1 Å². The van der Waals surface area contributed by atoms with Gasteiger partial charge in [0.05, 0.1) is 19.1 Å². The molecule has 8 heteroatoms. The molecule has 33 heavy (non-hydrogen) atoms. The molecule has 3 amide bonds. The van der Waals surface area contributed by atoms with Crippen LogP contribution in [0.3, 0.4) is 0 Å². The van der Waals surface area contributed by atoms with Crippen molar-refractivity contribution in [3.05, 3.63) is 48.0 Å². The van der Waals surface area contributed by atoms with Crippen LogP contribution in [0.1, 0.15) is 36.5 Å². The molecule has 1 saturated heterocycles. The van der Waals surface area contributed by atoms with Crippen molar-refractivity contribution in [2.75, 3.05) is 39.8 Å². The summed E-state index contributed by atoms with van der Waals surface area (Å²) < 4.78 is 5.05. The summed E-state index contributed by atoms with van der Waals surface area (Å²) in [6, 6.07) is 13.3. The Morgan fingerprint density at radius 3 is 2.45 bits per heavy atom. The lowest BCUT2D eigenvalue weighted by atomic mass is 9.97. The molecule has 2 aromatic carbocycles. The highest BCUT2D eigenvalue weighted by Crippen LogP contribution is 2.19. The number of likely N-dealkylation sites (N-methyl/N-ethyl adjacent to an activating group) is 1. The Hall–Kier alpha value is -3.42. The molecule has 3 rings (SSSR count). The number of carbonyl (C=O) groups excluding carboxylic acids is 4. The SMILES string of the molecule is CCOC(=O)C1CCN(C(=O)CN(C)C(=O)CCNC(=O)c2ccc3ccccc3c2)CC1. The van der Waals surface area contributed by atoms with Crippen LogP contribution in [0.15, 0.2) is 42.5 Å². The smallest absolute Gasteiger partial charge is 0.309 e. The molecule has 2 aromatic rings. The van der Waals surface area contributed by atoms with Gasteiger partial charge in [0.15, 0.2) is 0 Å². The first-order valence-electron chi connectivity index (χ1n) is 11.3. The molecule has 0 bridgehead atoms. The summed E-state index contributed by atoms with van der Waals surface area (Å²) >= 11 is 0. The van der Waals surface area contributed by atoms with Crippen LogP contribution < -0.4 is 5.32 Å². The minimum Gasteiger partial charge on any atom is -0.466 e. The zero-order valence-electron chi connectivity index (χ0n) is 19.2. The van der Waals surface area contributed by atoms with Gasteiger partial charge in [-0.2, -0.15) is 0 Å². The van der Waals surface area contributed by atoms with Gasteiger partial charge in [-0.1, -0.05) is 30.3 Å². The average Bonchev–Trinajstić information content (AvgIpc) is 2.83. The maximum atomic E-state index is 12.5. The van der Waals surface area contributed by atoms with E-state index in [9.17, 15) is 19.2 Å². The van der Waals surface area contributed by atoms with Gasteiger partial charge < -0.3 is 19.9 Å². The number of amides is 3. The van der Waals surface area contributed by atoms with E-state index in [0.717, 1.165) is 10.8 Å². The van der Waals surface area contributed by atoms with Gasteiger partial charge in [-0.3, -0.25) is 19.2 Å². The molecule has 1 aliphatic rings. The van der Waals surface area contributed by atoms with Gasteiger partial charge in [-0.05, 0) is 42.7 Å². The molecule has 0 unspecified atom stereocenters. The average molecular weight is 454 g/mol. The van der Waals surface area contributed by atoms with Crippen LogP contribution in [0.4, 0.5) is 0 Å². The fourth-order valence-electron chi connectivity index (χ4n) is 3.92. The Balaban J connectivity index is 1.39. The second-order valence-electron chi connectivity index (χ2n) is 8.22. The highest BCUT2D eigenvalue weighted by molar-refractivity contribution is 5.98. The fraction of sp³-hybridized carbons (Fsp3) is 0.440. The number of likely N-dealkylation sites (tertiary alicyclic amines) is 1. The van der Waals surface area contributed by atoms with E-state index in [1.165, 1.54) is 4.90 Å². The summed E-state index contributed by atoms with van der Waals surface area (Å²) in [6.07, 6.45) is 1.25. The van der Waals surface area contributed by atoms with E-state index < -0.39 is 0 Å². The van der Waals surface area contributed by atoms with Crippen LogP contribution in [0.25, 0.3) is 10.8 Å². The maximum Gasteiger partial charge on any atom is 0.309 e. The van der Waals surface area contributed by atoms with E-state index in [2.05, 4.69) is 5.32 Å². The van der Waals surface area contributed by atoms with Gasteiger partial charge in [0.25, 0.3) is 5.91 Å². The Kier molecular flexibility index (Phi) is 8.40. The molecule has 1 aliphatic heterocycles. The van der Waals surface area contributed by atoms with Crippen LogP contribution in [0, 0.1) is 5.92 Å². The molecular formula is C25H31N3O5. The number of hydrogen-bond donors (Lipinski definition) is 1. The Morgan fingerprint density at radius 1 is 1.06 bits per heavy atom. The lowest BCUT2D eigenvalue weighted by molar-refractivity contribution is -0.151. The van der Waals surface area contributed by atoms with Crippen molar-refractivity contribution in [2.45, 2.75) is 26.2 Å². The summed E-state index contributed by atoms with van der Waals surface area (Å²) in [5, 5.41) is 4.80. The normalized spacial score (nSPS) is 14.1. The summed E-state index contributed by atoms with van der Waals surface area (Å²) in [6.45, 7) is 3.25. The van der Waals surface area contributed by atoms with Gasteiger partial charge in [-0.15, -0.1) is 0 Å². The van der Waals surface area contributed by atoms with E-state index in [-0.39, 0.29) is 49.1 Å². The number of fused-ring (bicyclic) bond motifs is 1. The lowest BCUT2D eigenvalue weighted by Crippen LogP contribution is -2.46. The number of hydrogen-bond acceptors (Lipinski definition) is 5. The summed E-state index contributed by atoms with van der Waals surface area (Å²) in [5.74, 6) is -0.976. The predicted octanol–water partition coefficient (Wildman–Crippen LogP) is 2.22. The van der Waals surface area contributed by atoms with Crippen molar-refractivity contribution in [3.8, 4) is 0 Å². The first-order valence-corrected chi connectivity index (χ1v) is 11.3. The third-order valence-electron chi connectivity index (χ3n) is 5.90. The standard InChI is InChI=1S/C25H31N3O5/c1-3-33-25(32)19-11-14-28(15-12-19)23(30)17-27(2)22(29)10-13-26-24(31)21-9-8-18-6-4-5-7-20(18)16-21/h4-9,16,19H,3,10-15,17H2,1-2H3,(H,26,31). The molecule has 0 radical (unpaired) electrons. The van der Waals surface area contributed by atoms with Gasteiger partial charge in [0.1, 0.15) is 0 Å².